The van der Waals surface area contributed by atoms with Gasteiger partial charge in [-0.05, 0) is 29.3 Å². The number of carboxylic acids is 2. The molecule has 0 atom stereocenters. The van der Waals surface area contributed by atoms with Crippen LogP contribution < -0.4 is 30.0 Å². The van der Waals surface area contributed by atoms with Crippen LogP contribution in [0.15, 0.2) is 97.3 Å². The van der Waals surface area contributed by atoms with E-state index in [1.165, 1.54) is 22.3 Å². The standard InChI is InChI=1S/C34H24Cl4N4.2C2HF3O2.H2O/c35-25-13-27(37)33-29-8-10-41(31(33)15-25)19-23-2-1-3-24(12-23)20-42-11-9-30(34-28(38)14-26(36)16-32(34)42)40-18-22-6-4-21(5-7-22)17-39-29;2*3-2(4,5)1(6)7;/h1-16H,17-20H2;2*(H,6,7);1H2. The Morgan fingerprint density at radius 2 is 0.912 bits per heavy atom. The average molecular weight is 876 g/mol. The number of nitrogens with one attached hydrogen (secondary N) is 2. The first-order valence-corrected chi connectivity index (χ1v) is 17.6. The van der Waals surface area contributed by atoms with Crippen LogP contribution in [0, 0.1) is 0 Å². The lowest BCUT2D eigenvalue weighted by atomic mass is 10.1. The van der Waals surface area contributed by atoms with Crippen LogP contribution in [0.5, 0.6) is 0 Å². The fourth-order valence-corrected chi connectivity index (χ4v) is 6.89. The highest BCUT2D eigenvalue weighted by atomic mass is 35.5. The van der Waals surface area contributed by atoms with Gasteiger partial charge in [0.1, 0.15) is 11.9 Å². The second-order valence-electron chi connectivity index (χ2n) is 12.2. The highest BCUT2D eigenvalue weighted by Crippen LogP contribution is 2.34. The van der Waals surface area contributed by atoms with E-state index in [0.717, 1.165) is 33.2 Å². The number of fused-ring (bicyclic) bond motifs is 1. The second-order valence-corrected chi connectivity index (χ2v) is 13.9. The molecule has 4 N–H and O–H groups in total. The molecule has 0 saturated carbocycles. The molecule has 0 aliphatic carbocycles. The highest BCUT2D eigenvalue weighted by molar-refractivity contribution is 6.40. The number of hydrogen-bond acceptors (Lipinski definition) is 6. The third-order valence-electron chi connectivity index (χ3n) is 8.22. The van der Waals surface area contributed by atoms with E-state index in [1.54, 1.807) is 12.1 Å². The molecule has 6 heterocycles. The Hall–Kier alpha value is -5.06. The lowest BCUT2D eigenvalue weighted by Gasteiger charge is -2.13. The summed E-state index contributed by atoms with van der Waals surface area (Å²) >= 11 is 26.6. The SMILES string of the molecule is Clc1cc(Cl)c2c3cc[n+](c2c1)Cc1cccc(c1)C[n+]1ccc(c2c(Cl)cc(Cl)cc21)NCc1ccc(cc1)CN3.O.O=C([O-])C(F)(F)F.O=C([O-])C(F)(F)F. The van der Waals surface area contributed by atoms with Crippen LogP contribution in [0.25, 0.3) is 21.8 Å². The maximum Gasteiger partial charge on any atom is 0.430 e. The summed E-state index contributed by atoms with van der Waals surface area (Å²) in [6.07, 6.45) is -6.21. The maximum atomic E-state index is 10.5. The van der Waals surface area contributed by atoms with Crippen molar-refractivity contribution in [2.75, 3.05) is 10.6 Å². The number of alkyl halides is 6. The Labute approximate surface area is 339 Å². The van der Waals surface area contributed by atoms with Crippen LogP contribution in [0.3, 0.4) is 0 Å². The minimum Gasteiger partial charge on any atom is -0.542 e. The minimum atomic E-state index is -5.19. The molecule has 10 rings (SSSR count). The zero-order chi connectivity index (χ0) is 40.9. The topological polar surface area (TPSA) is 144 Å². The molecule has 57 heavy (non-hydrogen) atoms. The Morgan fingerprint density at radius 3 is 1.25 bits per heavy atom. The molecule has 0 amide bonds. The van der Waals surface area contributed by atoms with Crippen LogP contribution in [0.1, 0.15) is 22.3 Å². The molecule has 0 radical (unpaired) electrons. The van der Waals surface area contributed by atoms with Gasteiger partial charge in [-0.3, -0.25) is 0 Å². The molecule has 0 unspecified atom stereocenters. The molecule has 4 aliphatic rings. The summed E-state index contributed by atoms with van der Waals surface area (Å²) in [5.41, 5.74) is 8.54. The monoisotopic (exact) mass is 874 g/mol. The number of nitrogens with zero attached hydrogens (tertiary/aromatic N) is 2. The van der Waals surface area contributed by atoms with Crippen LogP contribution in [0.2, 0.25) is 20.1 Å². The summed E-state index contributed by atoms with van der Waals surface area (Å²) in [5.74, 6) is -6.01. The summed E-state index contributed by atoms with van der Waals surface area (Å²) < 4.78 is 67.5. The van der Waals surface area contributed by atoms with Crippen molar-refractivity contribution in [1.29, 1.82) is 0 Å². The second kappa shape index (κ2) is 18.5. The first-order valence-electron chi connectivity index (χ1n) is 16.1. The Kier molecular flexibility index (Phi) is 14.5. The van der Waals surface area contributed by atoms with Crippen LogP contribution in [0.4, 0.5) is 37.7 Å². The van der Waals surface area contributed by atoms with Crippen LogP contribution in [-0.4, -0.2) is 29.8 Å². The van der Waals surface area contributed by atoms with E-state index in [0.29, 0.717) is 46.3 Å². The van der Waals surface area contributed by atoms with Crippen molar-refractivity contribution in [1.82, 2.24) is 0 Å². The number of benzene rings is 4. The smallest absolute Gasteiger partial charge is 0.430 e. The van der Waals surface area contributed by atoms with E-state index < -0.39 is 24.3 Å². The summed E-state index contributed by atoms with van der Waals surface area (Å²) in [7, 11) is 0. The number of carboxylic acid groups (broad SMARTS) is 2. The highest BCUT2D eigenvalue weighted by Gasteiger charge is 2.29. The van der Waals surface area contributed by atoms with Crippen molar-refractivity contribution in [3.63, 3.8) is 0 Å². The molecule has 0 fully saturated rings. The molecular formula is C38H28Cl4F6N4O5. The quantitative estimate of drug-likeness (QED) is 0.130. The zero-order valence-electron chi connectivity index (χ0n) is 28.9. The van der Waals surface area contributed by atoms with E-state index in [4.69, 9.17) is 66.2 Å². The molecule has 0 spiro atoms. The van der Waals surface area contributed by atoms with Crippen molar-refractivity contribution in [2.45, 2.75) is 38.5 Å². The zero-order valence-corrected chi connectivity index (χ0v) is 31.9. The van der Waals surface area contributed by atoms with Crippen LogP contribution in [-0.2, 0) is 35.8 Å². The van der Waals surface area contributed by atoms with Gasteiger partial charge < -0.3 is 35.9 Å². The van der Waals surface area contributed by atoms with Crippen LogP contribution >= 0.6 is 46.4 Å². The first-order chi connectivity index (χ1) is 26.3. The number of carbonyl (C=O) groups excluding carboxylic acids is 2. The van der Waals surface area contributed by atoms with Crippen molar-refractivity contribution in [2.24, 2.45) is 0 Å². The number of pyridine rings is 2. The first kappa shape index (κ1) is 44.7. The summed E-state index contributed by atoms with van der Waals surface area (Å²) in [4.78, 5) is 17.6. The van der Waals surface area contributed by atoms with Crippen molar-refractivity contribution < 1.29 is 60.8 Å². The van der Waals surface area contributed by atoms with Gasteiger partial charge in [0.25, 0.3) is 0 Å². The van der Waals surface area contributed by atoms with Gasteiger partial charge >= 0.3 is 12.4 Å². The van der Waals surface area contributed by atoms with Gasteiger partial charge in [0.2, 0.25) is 11.0 Å². The van der Waals surface area contributed by atoms with E-state index in [1.807, 2.05) is 12.1 Å². The third-order valence-corrected chi connectivity index (χ3v) is 9.25. The fraction of sp³-hybridized carbons (Fsp3) is 0.158. The lowest BCUT2D eigenvalue weighted by molar-refractivity contribution is -0.663. The summed E-state index contributed by atoms with van der Waals surface area (Å²) in [6.45, 7) is 2.64. The number of hydrogen-bond donors (Lipinski definition) is 2. The van der Waals surface area contributed by atoms with Gasteiger partial charge in [-0.15, -0.1) is 0 Å². The third kappa shape index (κ3) is 11.5. The molecule has 0 saturated heterocycles. The predicted octanol–water partition coefficient (Wildman–Crippen LogP) is 6.59. The number of halogens is 10. The Balaban J connectivity index is 0.000000413. The molecule has 2 aromatic heterocycles. The number of anilines is 2. The Morgan fingerprint density at radius 1 is 0.561 bits per heavy atom. The fourth-order valence-electron chi connectivity index (χ4n) is 5.72. The lowest BCUT2D eigenvalue weighted by Crippen LogP contribution is -2.37. The maximum absolute atomic E-state index is 10.5. The number of rotatable bonds is 0. The summed E-state index contributed by atoms with van der Waals surface area (Å²) in [5, 5.41) is 29.1. The Bertz CT molecular complexity index is 2270. The predicted molar refractivity (Wildman–Crippen MR) is 200 cm³/mol. The van der Waals surface area contributed by atoms with Gasteiger partial charge in [0.15, 0.2) is 25.5 Å². The van der Waals surface area contributed by atoms with E-state index in [2.05, 4.69) is 92.8 Å². The van der Waals surface area contributed by atoms with Gasteiger partial charge in [0, 0.05) is 58.5 Å². The summed E-state index contributed by atoms with van der Waals surface area (Å²) in [6, 6.07) is 28.9. The molecule has 19 heteroatoms. The molecule has 4 aliphatic heterocycles. The van der Waals surface area contributed by atoms with Gasteiger partial charge in [0.05, 0.1) is 32.2 Å². The molecule has 4 aromatic carbocycles. The number of aliphatic carboxylic acids is 2. The number of aromatic nitrogens is 2. The van der Waals surface area contributed by atoms with Gasteiger partial charge in [-0.25, -0.2) is 0 Å². The van der Waals surface area contributed by atoms with Gasteiger partial charge in [-0.2, -0.15) is 35.5 Å². The molecule has 300 valence electrons. The minimum absolute atomic E-state index is 0. The van der Waals surface area contributed by atoms with E-state index >= 15 is 0 Å². The average Bonchev–Trinajstić information content (AvgIpc) is 3.11. The van der Waals surface area contributed by atoms with E-state index in [9.17, 15) is 26.3 Å². The normalized spacial score (nSPS) is 12.5. The number of carbonyl (C=O) groups is 2. The van der Waals surface area contributed by atoms with Gasteiger partial charge in [-0.1, -0.05) is 88.9 Å². The molecule has 8 bridgehead atoms. The molecular weight excluding hydrogens is 848 g/mol. The van der Waals surface area contributed by atoms with Crippen molar-refractivity contribution >= 4 is 91.5 Å². The molecule has 6 aromatic rings. The largest absolute Gasteiger partial charge is 0.542 e. The van der Waals surface area contributed by atoms with Crippen molar-refractivity contribution in [3.05, 3.63) is 140 Å². The van der Waals surface area contributed by atoms with Crippen molar-refractivity contribution in [3.8, 4) is 0 Å². The van der Waals surface area contributed by atoms with E-state index in [-0.39, 0.29) is 5.48 Å². The molecule has 9 nitrogen and oxygen atoms in total.